The van der Waals surface area contributed by atoms with Gasteiger partial charge in [-0.2, -0.15) is 11.3 Å². The molecule has 0 aliphatic heterocycles. The van der Waals surface area contributed by atoms with Crippen molar-refractivity contribution in [2.45, 2.75) is 19.6 Å². The van der Waals surface area contributed by atoms with E-state index in [-0.39, 0.29) is 6.03 Å². The average Bonchev–Trinajstić information content (AvgIpc) is 3.26. The molecule has 2 heterocycles. The Kier molecular flexibility index (Phi) is 5.30. The Morgan fingerprint density at radius 1 is 1.17 bits per heavy atom. The molecule has 0 radical (unpaired) electrons. The topological polar surface area (TPSA) is 61.4 Å². The number of aliphatic hydroxyl groups is 1. The van der Waals surface area contributed by atoms with Gasteiger partial charge in [-0.25, -0.2) is 4.79 Å². The monoisotopic (exact) mass is 358 g/mol. The number of nitrogens with one attached hydrogen (secondary N) is 2. The standard InChI is InChI=1S/C18H18N2O2S2/c1-12-2-4-14(5-3-12)20-18(22)19-10-15-6-7-16(24-15)17(21)13-8-9-23-11-13/h2-9,11,17,21H,10H2,1H3,(H2,19,20,22). The zero-order valence-corrected chi connectivity index (χ0v) is 14.8. The van der Waals surface area contributed by atoms with E-state index < -0.39 is 6.10 Å². The SMILES string of the molecule is Cc1ccc(NC(=O)NCc2ccc(C(O)c3ccsc3)s2)cc1. The first kappa shape index (κ1) is 16.7. The summed E-state index contributed by atoms with van der Waals surface area (Å²) in [5, 5.41) is 19.8. The lowest BCUT2D eigenvalue weighted by molar-refractivity contribution is 0.224. The van der Waals surface area contributed by atoms with Crippen LogP contribution in [0.2, 0.25) is 0 Å². The van der Waals surface area contributed by atoms with Gasteiger partial charge in [-0.05, 0) is 53.6 Å². The summed E-state index contributed by atoms with van der Waals surface area (Å²) in [7, 11) is 0. The quantitative estimate of drug-likeness (QED) is 0.628. The second-order valence-electron chi connectivity index (χ2n) is 5.44. The summed E-state index contributed by atoms with van der Waals surface area (Å²) in [6.07, 6.45) is -0.601. The molecule has 124 valence electrons. The lowest BCUT2D eigenvalue weighted by Crippen LogP contribution is -2.27. The highest BCUT2D eigenvalue weighted by Gasteiger charge is 2.13. The largest absolute Gasteiger partial charge is 0.383 e. The lowest BCUT2D eigenvalue weighted by Gasteiger charge is -2.07. The molecule has 2 aromatic heterocycles. The Labute approximate surface area is 148 Å². The second kappa shape index (κ2) is 7.61. The summed E-state index contributed by atoms with van der Waals surface area (Å²) < 4.78 is 0. The second-order valence-corrected chi connectivity index (χ2v) is 7.42. The van der Waals surface area contributed by atoms with Gasteiger partial charge in [-0.15, -0.1) is 11.3 Å². The molecule has 0 aliphatic rings. The Bertz CT molecular complexity index is 795. The Hall–Kier alpha value is -2.15. The van der Waals surface area contributed by atoms with Crippen molar-refractivity contribution < 1.29 is 9.90 Å². The van der Waals surface area contributed by atoms with Gasteiger partial charge in [0.2, 0.25) is 0 Å². The third kappa shape index (κ3) is 4.23. The zero-order chi connectivity index (χ0) is 16.9. The van der Waals surface area contributed by atoms with Crippen molar-refractivity contribution >= 4 is 34.4 Å². The van der Waals surface area contributed by atoms with Crippen LogP contribution in [0.5, 0.6) is 0 Å². The van der Waals surface area contributed by atoms with Gasteiger partial charge in [0.05, 0.1) is 6.54 Å². The van der Waals surface area contributed by atoms with Crippen molar-refractivity contribution in [3.05, 3.63) is 74.1 Å². The molecular weight excluding hydrogens is 340 g/mol. The van der Waals surface area contributed by atoms with Crippen LogP contribution in [0.25, 0.3) is 0 Å². The Morgan fingerprint density at radius 2 is 1.96 bits per heavy atom. The van der Waals surface area contributed by atoms with Crippen LogP contribution in [0.15, 0.2) is 53.2 Å². The van der Waals surface area contributed by atoms with Gasteiger partial charge in [-0.3, -0.25) is 0 Å². The molecule has 1 atom stereocenters. The molecule has 1 unspecified atom stereocenters. The van der Waals surface area contributed by atoms with E-state index in [4.69, 9.17) is 0 Å². The molecule has 4 nitrogen and oxygen atoms in total. The van der Waals surface area contributed by atoms with Crippen LogP contribution in [0.1, 0.15) is 27.0 Å². The van der Waals surface area contributed by atoms with E-state index in [1.54, 1.807) is 11.3 Å². The maximum atomic E-state index is 11.9. The number of anilines is 1. The van der Waals surface area contributed by atoms with Crippen molar-refractivity contribution in [3.63, 3.8) is 0 Å². The molecule has 0 saturated carbocycles. The minimum Gasteiger partial charge on any atom is -0.383 e. The van der Waals surface area contributed by atoms with Gasteiger partial charge in [0.25, 0.3) is 0 Å². The van der Waals surface area contributed by atoms with Crippen LogP contribution in [0.4, 0.5) is 10.5 Å². The number of benzene rings is 1. The summed E-state index contributed by atoms with van der Waals surface area (Å²) in [5.41, 5.74) is 2.81. The highest BCUT2D eigenvalue weighted by atomic mass is 32.1. The van der Waals surface area contributed by atoms with Crippen LogP contribution in [0, 0.1) is 6.92 Å². The normalized spacial score (nSPS) is 11.9. The molecule has 3 aromatic rings. The predicted octanol–water partition coefficient (Wildman–Crippen LogP) is 4.52. The molecule has 0 spiro atoms. The smallest absolute Gasteiger partial charge is 0.319 e. The maximum Gasteiger partial charge on any atom is 0.319 e. The molecule has 1 aromatic carbocycles. The van der Waals surface area contributed by atoms with E-state index in [9.17, 15) is 9.90 Å². The summed E-state index contributed by atoms with van der Waals surface area (Å²) in [6.45, 7) is 2.43. The number of hydrogen-bond donors (Lipinski definition) is 3. The fraction of sp³-hybridized carbons (Fsp3) is 0.167. The maximum absolute atomic E-state index is 11.9. The Balaban J connectivity index is 1.53. The number of carbonyl (C=O) groups excluding carboxylic acids is 1. The first-order valence-corrected chi connectivity index (χ1v) is 9.28. The van der Waals surface area contributed by atoms with Gasteiger partial charge >= 0.3 is 6.03 Å². The zero-order valence-electron chi connectivity index (χ0n) is 13.2. The van der Waals surface area contributed by atoms with Crippen molar-refractivity contribution in [1.29, 1.82) is 0 Å². The molecule has 3 N–H and O–H groups in total. The molecular formula is C18H18N2O2S2. The first-order valence-electron chi connectivity index (χ1n) is 7.52. The number of rotatable bonds is 5. The van der Waals surface area contributed by atoms with Crippen LogP contribution in [0.3, 0.4) is 0 Å². The average molecular weight is 358 g/mol. The lowest BCUT2D eigenvalue weighted by atomic mass is 10.2. The van der Waals surface area contributed by atoms with Crippen molar-refractivity contribution in [2.24, 2.45) is 0 Å². The fourth-order valence-corrected chi connectivity index (χ4v) is 3.86. The van der Waals surface area contributed by atoms with Crippen LogP contribution >= 0.6 is 22.7 Å². The summed E-state index contributed by atoms with van der Waals surface area (Å²) in [4.78, 5) is 13.8. The van der Waals surface area contributed by atoms with Gasteiger partial charge in [0.1, 0.15) is 6.10 Å². The van der Waals surface area contributed by atoms with E-state index >= 15 is 0 Å². The van der Waals surface area contributed by atoms with Gasteiger partial charge in [-0.1, -0.05) is 17.7 Å². The molecule has 0 bridgehead atoms. The third-order valence-electron chi connectivity index (χ3n) is 3.54. The number of aliphatic hydroxyl groups excluding tert-OH is 1. The fourth-order valence-electron chi connectivity index (χ4n) is 2.21. The van der Waals surface area contributed by atoms with Gasteiger partial charge < -0.3 is 15.7 Å². The summed E-state index contributed by atoms with van der Waals surface area (Å²) >= 11 is 3.07. The van der Waals surface area contributed by atoms with E-state index in [1.807, 2.05) is 60.1 Å². The molecule has 6 heteroatoms. The van der Waals surface area contributed by atoms with Crippen molar-refractivity contribution in [3.8, 4) is 0 Å². The summed E-state index contributed by atoms with van der Waals surface area (Å²) in [5.74, 6) is 0. The number of aryl methyl sites for hydroxylation is 1. The van der Waals surface area contributed by atoms with E-state index in [2.05, 4.69) is 10.6 Å². The van der Waals surface area contributed by atoms with Crippen molar-refractivity contribution in [2.75, 3.05) is 5.32 Å². The van der Waals surface area contributed by atoms with Gasteiger partial charge in [0.15, 0.2) is 0 Å². The molecule has 0 saturated heterocycles. The van der Waals surface area contributed by atoms with Crippen LogP contribution in [-0.2, 0) is 6.54 Å². The predicted molar refractivity (Wildman–Crippen MR) is 99.7 cm³/mol. The molecule has 0 aliphatic carbocycles. The molecule has 0 fully saturated rings. The first-order chi connectivity index (χ1) is 11.6. The van der Waals surface area contributed by atoms with Crippen LogP contribution in [-0.4, -0.2) is 11.1 Å². The highest BCUT2D eigenvalue weighted by molar-refractivity contribution is 7.12. The van der Waals surface area contributed by atoms with Gasteiger partial charge in [0, 0.05) is 15.4 Å². The van der Waals surface area contributed by atoms with Crippen molar-refractivity contribution in [1.82, 2.24) is 5.32 Å². The Morgan fingerprint density at radius 3 is 2.67 bits per heavy atom. The van der Waals surface area contributed by atoms with E-state index in [0.29, 0.717) is 6.54 Å². The number of carbonyl (C=O) groups is 1. The summed E-state index contributed by atoms with van der Waals surface area (Å²) in [6, 6.07) is 13.2. The number of hydrogen-bond acceptors (Lipinski definition) is 4. The molecule has 2 amide bonds. The minimum atomic E-state index is -0.601. The highest BCUT2D eigenvalue weighted by Crippen LogP contribution is 2.29. The minimum absolute atomic E-state index is 0.243. The number of amides is 2. The number of thiophene rings is 2. The third-order valence-corrected chi connectivity index (χ3v) is 5.38. The molecule has 24 heavy (non-hydrogen) atoms. The van der Waals surface area contributed by atoms with E-state index in [1.165, 1.54) is 11.3 Å². The van der Waals surface area contributed by atoms with E-state index in [0.717, 1.165) is 26.6 Å². The molecule has 3 rings (SSSR count). The van der Waals surface area contributed by atoms with Crippen LogP contribution < -0.4 is 10.6 Å². The number of urea groups is 1.